The summed E-state index contributed by atoms with van der Waals surface area (Å²) in [4.78, 5) is 19.7. The maximum Gasteiger partial charge on any atom is 0.263 e. The average Bonchev–Trinajstić information content (AvgIpc) is 2.98. The highest BCUT2D eigenvalue weighted by atomic mass is 32.1. The van der Waals surface area contributed by atoms with Gasteiger partial charge in [-0.25, -0.2) is 4.98 Å². The highest BCUT2D eigenvalue weighted by Crippen LogP contribution is 2.34. The first-order valence-corrected chi connectivity index (χ1v) is 8.91. The van der Waals surface area contributed by atoms with Crippen LogP contribution in [0, 0.1) is 0 Å². The van der Waals surface area contributed by atoms with Crippen molar-refractivity contribution in [2.24, 2.45) is 7.05 Å². The fourth-order valence-electron chi connectivity index (χ4n) is 3.20. The Bertz CT molecular complexity index is 957. The van der Waals surface area contributed by atoms with Gasteiger partial charge in [0, 0.05) is 17.6 Å². The van der Waals surface area contributed by atoms with Gasteiger partial charge in [-0.2, -0.15) is 0 Å². The second-order valence-electron chi connectivity index (χ2n) is 6.04. The third-order valence-electron chi connectivity index (χ3n) is 4.54. The standard InChI is InChI=1S/C18H19N3O2S/c1-21-17(22)15-13-5-3-4-6-14(13)24-16(15)20-18(21)19-11-7-9-12(23-2)10-8-11/h7-10H,3-6H2,1-2H3,(H,19,20). The molecule has 5 nitrogen and oxygen atoms in total. The molecule has 2 heterocycles. The SMILES string of the molecule is COc1ccc(Nc2nc3sc4c(c3c(=O)n2C)CCCC4)cc1. The van der Waals surface area contributed by atoms with Gasteiger partial charge in [-0.1, -0.05) is 0 Å². The fourth-order valence-corrected chi connectivity index (χ4v) is 4.45. The number of rotatable bonds is 3. The lowest BCUT2D eigenvalue weighted by molar-refractivity contribution is 0.415. The van der Waals surface area contributed by atoms with Gasteiger partial charge in [-0.15, -0.1) is 11.3 Å². The van der Waals surface area contributed by atoms with Crippen LogP contribution < -0.4 is 15.6 Å². The summed E-state index contributed by atoms with van der Waals surface area (Å²) in [5.74, 6) is 1.36. The van der Waals surface area contributed by atoms with Crippen molar-refractivity contribution in [1.29, 1.82) is 0 Å². The molecule has 3 aromatic rings. The summed E-state index contributed by atoms with van der Waals surface area (Å²) in [5, 5.41) is 4.06. The Kier molecular flexibility index (Phi) is 3.76. The van der Waals surface area contributed by atoms with Crippen LogP contribution in [0.15, 0.2) is 29.1 Å². The van der Waals surface area contributed by atoms with Gasteiger partial charge in [0.25, 0.3) is 5.56 Å². The second-order valence-corrected chi connectivity index (χ2v) is 7.13. The van der Waals surface area contributed by atoms with Crippen molar-refractivity contribution < 1.29 is 4.74 Å². The number of benzene rings is 1. The van der Waals surface area contributed by atoms with Gasteiger partial charge in [0.2, 0.25) is 5.95 Å². The Balaban J connectivity index is 1.78. The minimum Gasteiger partial charge on any atom is -0.497 e. The largest absolute Gasteiger partial charge is 0.497 e. The van der Waals surface area contributed by atoms with Crippen LogP contribution in [0.5, 0.6) is 5.75 Å². The second kappa shape index (κ2) is 5.94. The van der Waals surface area contributed by atoms with E-state index in [0.29, 0.717) is 5.95 Å². The quantitative estimate of drug-likeness (QED) is 0.790. The topological polar surface area (TPSA) is 56.1 Å². The van der Waals surface area contributed by atoms with E-state index in [-0.39, 0.29) is 5.56 Å². The van der Waals surface area contributed by atoms with Crippen LogP contribution in [0.25, 0.3) is 10.2 Å². The molecule has 1 N–H and O–H groups in total. The molecule has 0 bridgehead atoms. The van der Waals surface area contributed by atoms with Gasteiger partial charge in [0.15, 0.2) is 0 Å². The van der Waals surface area contributed by atoms with E-state index in [9.17, 15) is 4.79 Å². The molecular formula is C18H19N3O2S. The minimum atomic E-state index is 0.0374. The van der Waals surface area contributed by atoms with E-state index in [0.717, 1.165) is 40.9 Å². The molecule has 4 rings (SSSR count). The predicted molar refractivity (Wildman–Crippen MR) is 97.8 cm³/mol. The zero-order valence-corrected chi connectivity index (χ0v) is 14.6. The molecular weight excluding hydrogens is 322 g/mol. The van der Waals surface area contributed by atoms with Crippen molar-refractivity contribution in [3.63, 3.8) is 0 Å². The summed E-state index contributed by atoms with van der Waals surface area (Å²) in [7, 11) is 3.41. The van der Waals surface area contributed by atoms with Crippen molar-refractivity contribution in [1.82, 2.24) is 9.55 Å². The van der Waals surface area contributed by atoms with Crippen LogP contribution in [0.3, 0.4) is 0 Å². The molecule has 6 heteroatoms. The van der Waals surface area contributed by atoms with E-state index >= 15 is 0 Å². The number of nitrogens with one attached hydrogen (secondary N) is 1. The van der Waals surface area contributed by atoms with Gasteiger partial charge in [-0.05, 0) is 55.5 Å². The number of fused-ring (bicyclic) bond motifs is 3. The van der Waals surface area contributed by atoms with E-state index in [1.165, 1.54) is 16.9 Å². The Morgan fingerprint density at radius 2 is 1.96 bits per heavy atom. The van der Waals surface area contributed by atoms with Crippen LogP contribution in [0.4, 0.5) is 11.6 Å². The van der Waals surface area contributed by atoms with Gasteiger partial charge >= 0.3 is 0 Å². The molecule has 0 atom stereocenters. The number of aryl methyl sites for hydroxylation is 2. The summed E-state index contributed by atoms with van der Waals surface area (Å²) in [6.07, 6.45) is 4.43. The van der Waals surface area contributed by atoms with Crippen molar-refractivity contribution in [2.75, 3.05) is 12.4 Å². The van der Waals surface area contributed by atoms with Crippen LogP contribution in [-0.4, -0.2) is 16.7 Å². The molecule has 0 unspecified atom stereocenters. The van der Waals surface area contributed by atoms with Gasteiger partial charge in [-0.3, -0.25) is 9.36 Å². The normalized spacial score (nSPS) is 13.8. The van der Waals surface area contributed by atoms with E-state index in [1.54, 1.807) is 30.1 Å². The highest BCUT2D eigenvalue weighted by Gasteiger charge is 2.21. The van der Waals surface area contributed by atoms with Crippen LogP contribution in [0.1, 0.15) is 23.3 Å². The summed E-state index contributed by atoms with van der Waals surface area (Å²) < 4.78 is 6.77. The lowest BCUT2D eigenvalue weighted by Crippen LogP contribution is -2.21. The number of hydrogen-bond acceptors (Lipinski definition) is 5. The third kappa shape index (κ3) is 2.47. The molecule has 2 aromatic heterocycles. The minimum absolute atomic E-state index is 0.0374. The van der Waals surface area contributed by atoms with Gasteiger partial charge in [0.05, 0.1) is 12.5 Å². The van der Waals surface area contributed by atoms with E-state index in [1.807, 2.05) is 24.3 Å². The molecule has 0 fully saturated rings. The van der Waals surface area contributed by atoms with Crippen LogP contribution in [0.2, 0.25) is 0 Å². The molecule has 1 aliphatic rings. The average molecular weight is 341 g/mol. The lowest BCUT2D eigenvalue weighted by Gasteiger charge is -2.12. The molecule has 1 aliphatic carbocycles. The molecule has 24 heavy (non-hydrogen) atoms. The van der Waals surface area contributed by atoms with E-state index < -0.39 is 0 Å². The van der Waals surface area contributed by atoms with Gasteiger partial charge in [0.1, 0.15) is 10.6 Å². The van der Waals surface area contributed by atoms with E-state index in [4.69, 9.17) is 9.72 Å². The van der Waals surface area contributed by atoms with Crippen molar-refractivity contribution in [3.8, 4) is 5.75 Å². The molecule has 0 spiro atoms. The molecule has 0 radical (unpaired) electrons. The predicted octanol–water partition coefficient (Wildman–Crippen LogP) is 3.63. The fraction of sp³-hybridized carbons (Fsp3) is 0.333. The third-order valence-corrected chi connectivity index (χ3v) is 5.73. The van der Waals surface area contributed by atoms with Crippen molar-refractivity contribution in [2.45, 2.75) is 25.7 Å². The summed E-state index contributed by atoms with van der Waals surface area (Å²) in [6, 6.07) is 7.58. The van der Waals surface area contributed by atoms with Crippen molar-refractivity contribution >= 4 is 33.2 Å². The summed E-state index contributed by atoms with van der Waals surface area (Å²) in [6.45, 7) is 0. The number of anilines is 2. The lowest BCUT2D eigenvalue weighted by atomic mass is 9.97. The summed E-state index contributed by atoms with van der Waals surface area (Å²) >= 11 is 1.67. The zero-order valence-electron chi connectivity index (χ0n) is 13.8. The Labute approximate surface area is 143 Å². The number of ether oxygens (including phenoxy) is 1. The first kappa shape index (κ1) is 15.2. The number of hydrogen-bond donors (Lipinski definition) is 1. The molecule has 124 valence electrons. The molecule has 0 saturated carbocycles. The number of thiophene rings is 1. The maximum atomic E-state index is 12.8. The highest BCUT2D eigenvalue weighted by molar-refractivity contribution is 7.18. The Morgan fingerprint density at radius 1 is 1.21 bits per heavy atom. The number of methoxy groups -OCH3 is 1. The first-order chi connectivity index (χ1) is 11.7. The zero-order chi connectivity index (χ0) is 16.7. The maximum absolute atomic E-state index is 12.8. The number of aromatic nitrogens is 2. The molecule has 0 saturated heterocycles. The van der Waals surface area contributed by atoms with Crippen LogP contribution >= 0.6 is 11.3 Å². The monoisotopic (exact) mass is 341 g/mol. The van der Waals surface area contributed by atoms with Crippen molar-refractivity contribution in [3.05, 3.63) is 45.1 Å². The van der Waals surface area contributed by atoms with Crippen LogP contribution in [-0.2, 0) is 19.9 Å². The van der Waals surface area contributed by atoms with Gasteiger partial charge < -0.3 is 10.1 Å². The molecule has 0 aliphatic heterocycles. The molecule has 0 amide bonds. The first-order valence-electron chi connectivity index (χ1n) is 8.09. The Morgan fingerprint density at radius 3 is 2.71 bits per heavy atom. The van der Waals surface area contributed by atoms with E-state index in [2.05, 4.69) is 5.32 Å². The Hall–Kier alpha value is -2.34. The summed E-state index contributed by atoms with van der Waals surface area (Å²) in [5.41, 5.74) is 2.14. The molecule has 1 aromatic carbocycles. The number of nitrogens with zero attached hydrogens (tertiary/aromatic N) is 2. The smallest absolute Gasteiger partial charge is 0.263 e.